The van der Waals surface area contributed by atoms with Gasteiger partial charge in [-0.1, -0.05) is 15.9 Å². The number of methoxy groups -OCH3 is 1. The predicted octanol–water partition coefficient (Wildman–Crippen LogP) is 2.57. The van der Waals surface area contributed by atoms with Crippen LogP contribution in [0.2, 0.25) is 0 Å². The van der Waals surface area contributed by atoms with Gasteiger partial charge in [0.15, 0.2) is 0 Å². The maximum Gasteiger partial charge on any atom is 0.254 e. The summed E-state index contributed by atoms with van der Waals surface area (Å²) >= 11 is 8.77. The molecule has 0 aliphatic heterocycles. The second-order valence-corrected chi connectivity index (χ2v) is 4.63. The third-order valence-corrected chi connectivity index (χ3v) is 2.93. The zero-order valence-corrected chi connectivity index (χ0v) is 11.5. The van der Waals surface area contributed by atoms with Gasteiger partial charge in [-0.05, 0) is 18.2 Å². The summed E-state index contributed by atoms with van der Waals surface area (Å²) in [6.45, 7) is 0.285. The number of benzene rings is 1. The van der Waals surface area contributed by atoms with Crippen LogP contribution in [-0.4, -0.2) is 31.5 Å². The first-order chi connectivity index (χ1) is 8.08. The fourth-order valence-corrected chi connectivity index (χ4v) is 1.76. The maximum absolute atomic E-state index is 13.5. The van der Waals surface area contributed by atoms with Gasteiger partial charge < -0.3 is 10.1 Å². The quantitative estimate of drug-likeness (QED) is 0.846. The van der Waals surface area contributed by atoms with Crippen molar-refractivity contribution in [1.29, 1.82) is 0 Å². The van der Waals surface area contributed by atoms with Gasteiger partial charge in [0.1, 0.15) is 5.82 Å². The van der Waals surface area contributed by atoms with E-state index in [0.29, 0.717) is 4.47 Å². The Kier molecular flexibility index (Phi) is 5.88. The molecule has 0 aromatic heterocycles. The summed E-state index contributed by atoms with van der Waals surface area (Å²) in [7, 11) is 1.51. The molecule has 0 radical (unpaired) electrons. The fourth-order valence-electron chi connectivity index (χ4n) is 1.26. The molecule has 1 amide bonds. The normalized spacial score (nSPS) is 12.2. The molecule has 3 nitrogen and oxygen atoms in total. The highest BCUT2D eigenvalue weighted by atomic mass is 79.9. The van der Waals surface area contributed by atoms with Crippen molar-refractivity contribution in [3.63, 3.8) is 0 Å². The largest absolute Gasteiger partial charge is 0.383 e. The number of hydrogen-bond donors (Lipinski definition) is 1. The minimum Gasteiger partial charge on any atom is -0.383 e. The number of halogens is 3. The summed E-state index contributed by atoms with van der Waals surface area (Å²) in [5.74, 6) is -0.877. The van der Waals surface area contributed by atoms with Crippen molar-refractivity contribution >= 4 is 33.4 Å². The second-order valence-electron chi connectivity index (χ2n) is 3.40. The van der Waals surface area contributed by atoms with Crippen LogP contribution in [0.1, 0.15) is 10.4 Å². The van der Waals surface area contributed by atoms with E-state index in [1.54, 1.807) is 6.07 Å². The van der Waals surface area contributed by atoms with E-state index in [1.807, 2.05) is 0 Å². The minimum atomic E-state index is -0.581. The highest BCUT2D eigenvalue weighted by molar-refractivity contribution is 9.10. The number of alkyl halides is 1. The van der Waals surface area contributed by atoms with Crippen molar-refractivity contribution in [2.24, 2.45) is 0 Å². The Morgan fingerprint density at radius 3 is 2.88 bits per heavy atom. The average Bonchev–Trinajstić information content (AvgIpc) is 2.28. The van der Waals surface area contributed by atoms with Crippen molar-refractivity contribution in [2.75, 3.05) is 19.6 Å². The van der Waals surface area contributed by atoms with E-state index in [2.05, 4.69) is 21.2 Å². The summed E-state index contributed by atoms with van der Waals surface area (Å²) in [6.07, 6.45) is 0. The molecule has 0 aliphatic rings. The number of nitrogens with one attached hydrogen (secondary N) is 1. The van der Waals surface area contributed by atoms with Gasteiger partial charge >= 0.3 is 0 Å². The lowest BCUT2D eigenvalue weighted by atomic mass is 10.2. The highest BCUT2D eigenvalue weighted by Gasteiger charge is 2.16. The third kappa shape index (κ3) is 4.26. The van der Waals surface area contributed by atoms with Gasteiger partial charge in [-0.3, -0.25) is 4.79 Å². The van der Waals surface area contributed by atoms with E-state index in [9.17, 15) is 9.18 Å². The first-order valence-corrected chi connectivity index (χ1v) is 6.22. The standard InChI is InChI=1S/C11H12BrClFNO2/c1-17-6-8(5-13)15-11(16)9-3-2-7(12)4-10(9)14/h2-4,8H,5-6H2,1H3,(H,15,16). The van der Waals surface area contributed by atoms with Gasteiger partial charge in [0.05, 0.1) is 18.2 Å². The molecule has 17 heavy (non-hydrogen) atoms. The molecular formula is C11H12BrClFNO2. The number of carbonyl (C=O) groups is 1. The molecule has 0 bridgehead atoms. The topological polar surface area (TPSA) is 38.3 Å². The monoisotopic (exact) mass is 323 g/mol. The SMILES string of the molecule is COCC(CCl)NC(=O)c1ccc(Br)cc1F. The maximum atomic E-state index is 13.5. The number of carbonyl (C=O) groups excluding carboxylic acids is 1. The molecule has 1 N–H and O–H groups in total. The first kappa shape index (κ1) is 14.4. The Balaban J connectivity index is 2.75. The summed E-state index contributed by atoms with van der Waals surface area (Å²) in [4.78, 5) is 11.7. The summed E-state index contributed by atoms with van der Waals surface area (Å²) in [6, 6.07) is 3.91. The van der Waals surface area contributed by atoms with Crippen molar-refractivity contribution in [3.8, 4) is 0 Å². The van der Waals surface area contributed by atoms with Crippen LogP contribution in [0.5, 0.6) is 0 Å². The third-order valence-electron chi connectivity index (χ3n) is 2.07. The average molecular weight is 325 g/mol. The molecule has 0 saturated heterocycles. The van der Waals surface area contributed by atoms with E-state index < -0.39 is 11.7 Å². The van der Waals surface area contributed by atoms with Crippen LogP contribution in [0.15, 0.2) is 22.7 Å². The Morgan fingerprint density at radius 1 is 1.65 bits per heavy atom. The lowest BCUT2D eigenvalue weighted by Crippen LogP contribution is -2.39. The van der Waals surface area contributed by atoms with E-state index in [4.69, 9.17) is 16.3 Å². The Labute approximate surface area is 112 Å². The fraction of sp³-hybridized carbons (Fsp3) is 0.364. The molecule has 6 heteroatoms. The number of hydrogen-bond acceptors (Lipinski definition) is 2. The van der Waals surface area contributed by atoms with Crippen LogP contribution in [0, 0.1) is 5.82 Å². The van der Waals surface area contributed by atoms with E-state index in [0.717, 1.165) is 0 Å². The van der Waals surface area contributed by atoms with Crippen LogP contribution in [0.25, 0.3) is 0 Å². The molecule has 94 valence electrons. The molecule has 0 saturated carbocycles. The van der Waals surface area contributed by atoms with Gasteiger partial charge in [-0.2, -0.15) is 0 Å². The molecule has 0 spiro atoms. The van der Waals surface area contributed by atoms with Crippen LogP contribution < -0.4 is 5.32 Å². The number of ether oxygens (including phenoxy) is 1. The molecule has 1 aromatic carbocycles. The molecule has 0 fully saturated rings. The first-order valence-electron chi connectivity index (χ1n) is 4.89. The van der Waals surface area contributed by atoms with Crippen LogP contribution >= 0.6 is 27.5 Å². The zero-order valence-electron chi connectivity index (χ0n) is 9.17. The van der Waals surface area contributed by atoms with Gasteiger partial charge in [-0.25, -0.2) is 4.39 Å². The Hall–Kier alpha value is -0.650. The lowest BCUT2D eigenvalue weighted by Gasteiger charge is -2.15. The molecule has 0 aliphatic carbocycles. The van der Waals surface area contributed by atoms with Gasteiger partial charge in [-0.15, -0.1) is 11.6 Å². The second kappa shape index (κ2) is 6.93. The highest BCUT2D eigenvalue weighted by Crippen LogP contribution is 2.15. The van der Waals surface area contributed by atoms with Crippen LogP contribution in [-0.2, 0) is 4.74 Å². The van der Waals surface area contributed by atoms with Crippen LogP contribution in [0.3, 0.4) is 0 Å². The van der Waals surface area contributed by atoms with Gasteiger partial charge in [0.25, 0.3) is 5.91 Å². The molecular weight excluding hydrogens is 312 g/mol. The Morgan fingerprint density at radius 2 is 2.35 bits per heavy atom. The van der Waals surface area contributed by atoms with Crippen LogP contribution in [0.4, 0.5) is 4.39 Å². The molecule has 1 unspecified atom stereocenters. The Bertz CT molecular complexity index is 403. The van der Waals surface area contributed by atoms with E-state index >= 15 is 0 Å². The van der Waals surface area contributed by atoms with Crippen molar-refractivity contribution in [2.45, 2.75) is 6.04 Å². The van der Waals surface area contributed by atoms with Crippen molar-refractivity contribution < 1.29 is 13.9 Å². The molecule has 0 heterocycles. The summed E-state index contributed by atoms with van der Waals surface area (Å²) in [5.41, 5.74) is -0.0144. The number of rotatable bonds is 5. The van der Waals surface area contributed by atoms with Gasteiger partial charge in [0, 0.05) is 17.5 Å². The minimum absolute atomic E-state index is 0.0144. The van der Waals surface area contributed by atoms with Gasteiger partial charge in [0.2, 0.25) is 0 Å². The van der Waals surface area contributed by atoms with E-state index in [1.165, 1.54) is 19.2 Å². The number of amides is 1. The lowest BCUT2D eigenvalue weighted by molar-refractivity contribution is 0.0903. The molecule has 1 atom stereocenters. The summed E-state index contributed by atoms with van der Waals surface area (Å²) in [5, 5.41) is 2.59. The summed E-state index contributed by atoms with van der Waals surface area (Å²) < 4.78 is 18.9. The smallest absolute Gasteiger partial charge is 0.254 e. The molecule has 1 rings (SSSR count). The van der Waals surface area contributed by atoms with Crippen molar-refractivity contribution in [1.82, 2.24) is 5.32 Å². The van der Waals surface area contributed by atoms with E-state index in [-0.39, 0.29) is 24.1 Å². The van der Waals surface area contributed by atoms with Crippen molar-refractivity contribution in [3.05, 3.63) is 34.1 Å². The predicted molar refractivity (Wildman–Crippen MR) is 68.0 cm³/mol. The zero-order chi connectivity index (χ0) is 12.8. The molecule has 1 aromatic rings.